The van der Waals surface area contributed by atoms with Gasteiger partial charge in [0.05, 0.1) is 19.3 Å². The molecule has 1 fully saturated rings. The van der Waals surface area contributed by atoms with Crippen LogP contribution in [0.4, 0.5) is 0 Å². The molecule has 1 aliphatic heterocycles. The zero-order chi connectivity index (χ0) is 14.2. The fourth-order valence-electron chi connectivity index (χ4n) is 2.14. The molecule has 1 aromatic carbocycles. The summed E-state index contributed by atoms with van der Waals surface area (Å²) >= 11 is 1.78. The van der Waals surface area contributed by atoms with Crippen LogP contribution in [0.3, 0.4) is 0 Å². The van der Waals surface area contributed by atoms with Crippen molar-refractivity contribution in [1.29, 1.82) is 0 Å². The number of carbonyl (C=O) groups excluding carboxylic acids is 1. The summed E-state index contributed by atoms with van der Waals surface area (Å²) in [6.45, 7) is 1.66. The fraction of sp³-hybridized carbons (Fsp3) is 0.533. The lowest BCUT2D eigenvalue weighted by atomic mass is 10.2. The lowest BCUT2D eigenvalue weighted by Gasteiger charge is -2.32. The van der Waals surface area contributed by atoms with E-state index in [-0.39, 0.29) is 18.6 Å². The zero-order valence-corrected chi connectivity index (χ0v) is 12.3. The number of aliphatic hydroxyl groups excluding tert-OH is 1. The van der Waals surface area contributed by atoms with Gasteiger partial charge in [-0.1, -0.05) is 18.2 Å². The van der Waals surface area contributed by atoms with Crippen molar-refractivity contribution in [3.05, 3.63) is 30.3 Å². The highest BCUT2D eigenvalue weighted by Crippen LogP contribution is 2.18. The fourth-order valence-corrected chi connectivity index (χ4v) is 3.02. The molecule has 1 atom stereocenters. The Morgan fingerprint density at radius 1 is 1.40 bits per heavy atom. The number of hydrogen-bond donors (Lipinski definition) is 1. The van der Waals surface area contributed by atoms with Crippen molar-refractivity contribution in [3.8, 4) is 0 Å². The summed E-state index contributed by atoms with van der Waals surface area (Å²) in [5.74, 6) is 1.11. The molecule has 0 saturated carbocycles. The highest BCUT2D eigenvalue weighted by atomic mass is 32.2. The second-order valence-corrected chi connectivity index (χ2v) is 5.95. The van der Waals surface area contributed by atoms with Gasteiger partial charge in [0.1, 0.15) is 0 Å². The standard InChI is InChI=1S/C15H21NO3S/c17-12-13-11-16(8-9-19-13)15(18)7-4-10-20-14-5-2-1-3-6-14/h1-3,5-6,13,17H,4,7-12H2. The molecule has 0 aromatic heterocycles. The second kappa shape index (κ2) is 8.29. The lowest BCUT2D eigenvalue weighted by molar-refractivity contribution is -0.140. The first-order valence-corrected chi connectivity index (χ1v) is 7.96. The molecule has 1 N–H and O–H groups in total. The Morgan fingerprint density at radius 2 is 2.20 bits per heavy atom. The number of amides is 1. The average Bonchev–Trinajstić information content (AvgIpc) is 2.52. The molecule has 1 aliphatic rings. The SMILES string of the molecule is O=C(CCCSc1ccccc1)N1CCOC(CO)C1. The van der Waals surface area contributed by atoms with E-state index < -0.39 is 0 Å². The van der Waals surface area contributed by atoms with Crippen molar-refractivity contribution in [2.45, 2.75) is 23.8 Å². The second-order valence-electron chi connectivity index (χ2n) is 4.78. The van der Waals surface area contributed by atoms with E-state index >= 15 is 0 Å². The number of benzene rings is 1. The van der Waals surface area contributed by atoms with Gasteiger partial charge in [0.15, 0.2) is 0 Å². The van der Waals surface area contributed by atoms with Crippen LogP contribution in [0.15, 0.2) is 35.2 Å². The monoisotopic (exact) mass is 295 g/mol. The van der Waals surface area contributed by atoms with E-state index in [4.69, 9.17) is 9.84 Å². The largest absolute Gasteiger partial charge is 0.394 e. The minimum atomic E-state index is -0.216. The Bertz CT molecular complexity index is 413. The van der Waals surface area contributed by atoms with Crippen LogP contribution in [0.1, 0.15) is 12.8 Å². The maximum Gasteiger partial charge on any atom is 0.222 e. The van der Waals surface area contributed by atoms with Gasteiger partial charge >= 0.3 is 0 Å². The zero-order valence-electron chi connectivity index (χ0n) is 11.5. The number of hydrogen-bond acceptors (Lipinski definition) is 4. The van der Waals surface area contributed by atoms with Crippen LogP contribution in [0.25, 0.3) is 0 Å². The van der Waals surface area contributed by atoms with E-state index in [9.17, 15) is 4.79 Å². The molecule has 0 bridgehead atoms. The van der Waals surface area contributed by atoms with Gasteiger partial charge in [-0.2, -0.15) is 0 Å². The number of nitrogens with zero attached hydrogens (tertiary/aromatic N) is 1. The normalized spacial score (nSPS) is 19.1. The summed E-state index contributed by atoms with van der Waals surface area (Å²) in [5.41, 5.74) is 0. The maximum atomic E-state index is 12.1. The topological polar surface area (TPSA) is 49.8 Å². The minimum absolute atomic E-state index is 0.0202. The summed E-state index contributed by atoms with van der Waals surface area (Å²) in [4.78, 5) is 15.1. The van der Waals surface area contributed by atoms with E-state index in [0.717, 1.165) is 12.2 Å². The quantitative estimate of drug-likeness (QED) is 0.642. The molecule has 2 rings (SSSR count). The Balaban J connectivity index is 1.65. The molecule has 4 nitrogen and oxygen atoms in total. The first-order valence-electron chi connectivity index (χ1n) is 6.97. The van der Waals surface area contributed by atoms with Gasteiger partial charge in [0, 0.05) is 24.4 Å². The van der Waals surface area contributed by atoms with Crippen LogP contribution in [0, 0.1) is 0 Å². The van der Waals surface area contributed by atoms with Crippen LogP contribution in [-0.4, -0.2) is 54.1 Å². The molecule has 0 aliphatic carbocycles. The van der Waals surface area contributed by atoms with Gasteiger partial charge in [-0.15, -0.1) is 11.8 Å². The first-order chi connectivity index (χ1) is 9.79. The Kier molecular flexibility index (Phi) is 6.36. The van der Waals surface area contributed by atoms with Crippen molar-refractivity contribution < 1.29 is 14.6 Å². The number of ether oxygens (including phenoxy) is 1. The summed E-state index contributed by atoms with van der Waals surface area (Å²) in [6, 6.07) is 10.2. The van der Waals surface area contributed by atoms with E-state index in [1.807, 2.05) is 18.2 Å². The number of morpholine rings is 1. The minimum Gasteiger partial charge on any atom is -0.394 e. The molecule has 1 unspecified atom stereocenters. The van der Waals surface area contributed by atoms with Crippen LogP contribution in [0.5, 0.6) is 0 Å². The van der Waals surface area contributed by atoms with Crippen LogP contribution in [-0.2, 0) is 9.53 Å². The molecule has 0 spiro atoms. The van der Waals surface area contributed by atoms with Gasteiger partial charge in [0.25, 0.3) is 0 Å². The smallest absolute Gasteiger partial charge is 0.222 e. The third-order valence-corrected chi connectivity index (χ3v) is 4.34. The lowest BCUT2D eigenvalue weighted by Crippen LogP contribution is -2.46. The predicted octanol–water partition coefficient (Wildman–Crippen LogP) is 1.78. The molecule has 20 heavy (non-hydrogen) atoms. The molecule has 1 heterocycles. The van der Waals surface area contributed by atoms with Crippen LogP contribution in [0.2, 0.25) is 0 Å². The number of carbonyl (C=O) groups is 1. The summed E-state index contributed by atoms with van der Waals surface area (Å²) in [5, 5.41) is 9.06. The first kappa shape index (κ1) is 15.4. The number of thioether (sulfide) groups is 1. The van der Waals surface area contributed by atoms with Gasteiger partial charge in [-0.05, 0) is 24.3 Å². The average molecular weight is 295 g/mol. The molecule has 1 aromatic rings. The van der Waals surface area contributed by atoms with Crippen molar-refractivity contribution in [2.75, 3.05) is 32.1 Å². The van der Waals surface area contributed by atoms with Gasteiger partial charge in [0.2, 0.25) is 5.91 Å². The molecule has 5 heteroatoms. The maximum absolute atomic E-state index is 12.1. The molecule has 110 valence electrons. The van der Waals surface area contributed by atoms with E-state index in [2.05, 4.69) is 12.1 Å². The Morgan fingerprint density at radius 3 is 2.95 bits per heavy atom. The molecule has 1 amide bonds. The number of aliphatic hydroxyl groups is 1. The summed E-state index contributed by atoms with van der Waals surface area (Å²) in [7, 11) is 0. The van der Waals surface area contributed by atoms with Crippen molar-refractivity contribution in [1.82, 2.24) is 4.90 Å². The van der Waals surface area contributed by atoms with E-state index in [0.29, 0.717) is 26.1 Å². The molecule has 0 radical (unpaired) electrons. The van der Waals surface area contributed by atoms with Crippen LogP contribution >= 0.6 is 11.8 Å². The van der Waals surface area contributed by atoms with Gasteiger partial charge in [-0.3, -0.25) is 4.79 Å². The van der Waals surface area contributed by atoms with E-state index in [1.54, 1.807) is 16.7 Å². The van der Waals surface area contributed by atoms with Gasteiger partial charge < -0.3 is 14.7 Å². The summed E-state index contributed by atoms with van der Waals surface area (Å²) < 4.78 is 5.34. The van der Waals surface area contributed by atoms with Crippen molar-refractivity contribution >= 4 is 17.7 Å². The highest BCUT2D eigenvalue weighted by molar-refractivity contribution is 7.99. The van der Waals surface area contributed by atoms with Crippen molar-refractivity contribution in [3.63, 3.8) is 0 Å². The molecule has 1 saturated heterocycles. The Labute approximate surface area is 124 Å². The third-order valence-electron chi connectivity index (χ3n) is 3.24. The predicted molar refractivity (Wildman–Crippen MR) is 79.8 cm³/mol. The van der Waals surface area contributed by atoms with Crippen molar-refractivity contribution in [2.24, 2.45) is 0 Å². The summed E-state index contributed by atoms with van der Waals surface area (Å²) in [6.07, 6.45) is 1.23. The van der Waals surface area contributed by atoms with Crippen LogP contribution < -0.4 is 0 Å². The molecular weight excluding hydrogens is 274 g/mol. The van der Waals surface area contributed by atoms with Gasteiger partial charge in [-0.25, -0.2) is 0 Å². The Hall–Kier alpha value is -1.04. The third kappa shape index (κ3) is 4.81. The number of rotatable bonds is 6. The highest BCUT2D eigenvalue weighted by Gasteiger charge is 2.22. The van der Waals surface area contributed by atoms with E-state index in [1.165, 1.54) is 4.90 Å². The molecular formula is C15H21NO3S.